The second-order valence-electron chi connectivity index (χ2n) is 4.22. The second-order valence-corrected chi connectivity index (χ2v) is 5.23. The maximum absolute atomic E-state index is 5.15. The highest BCUT2D eigenvalue weighted by atomic mass is 32.1. The highest BCUT2D eigenvalue weighted by molar-refractivity contribution is 7.16. The number of ether oxygens (including phenoxy) is 1. The molecule has 0 spiro atoms. The van der Waals surface area contributed by atoms with Crippen LogP contribution in [0.5, 0.6) is 5.75 Å². The van der Waals surface area contributed by atoms with Crippen molar-refractivity contribution >= 4 is 27.2 Å². The van der Waals surface area contributed by atoms with E-state index in [0.29, 0.717) is 0 Å². The summed E-state index contributed by atoms with van der Waals surface area (Å²) >= 11 is 1.69. The van der Waals surface area contributed by atoms with Crippen LogP contribution in [-0.2, 0) is 7.05 Å². The summed E-state index contributed by atoms with van der Waals surface area (Å²) in [6.45, 7) is 0. The van der Waals surface area contributed by atoms with Gasteiger partial charge in [-0.25, -0.2) is 4.99 Å². The van der Waals surface area contributed by atoms with Crippen molar-refractivity contribution in [3.63, 3.8) is 0 Å². The van der Waals surface area contributed by atoms with Gasteiger partial charge in [0.1, 0.15) is 5.75 Å². The van der Waals surface area contributed by atoms with Crippen LogP contribution >= 0.6 is 11.3 Å². The first kappa shape index (κ1) is 12.0. The molecule has 19 heavy (non-hydrogen) atoms. The Bertz CT molecular complexity index is 769. The van der Waals surface area contributed by atoms with Crippen LogP contribution in [0.2, 0.25) is 0 Å². The van der Waals surface area contributed by atoms with E-state index in [2.05, 4.69) is 27.8 Å². The molecule has 3 rings (SSSR count). The van der Waals surface area contributed by atoms with Gasteiger partial charge < -0.3 is 9.30 Å². The predicted molar refractivity (Wildman–Crippen MR) is 79.0 cm³/mol. The van der Waals surface area contributed by atoms with Crippen molar-refractivity contribution in [1.29, 1.82) is 0 Å². The Morgan fingerprint density at radius 1 is 1.05 bits per heavy atom. The third-order valence-electron chi connectivity index (χ3n) is 3.01. The molecular weight excluding hydrogens is 256 g/mol. The molecule has 0 aliphatic rings. The topological polar surface area (TPSA) is 26.5 Å². The molecule has 2 aromatic carbocycles. The van der Waals surface area contributed by atoms with Crippen LogP contribution in [0, 0.1) is 0 Å². The van der Waals surface area contributed by atoms with Crippen LogP contribution in [0.15, 0.2) is 53.5 Å². The van der Waals surface area contributed by atoms with Crippen LogP contribution in [0.25, 0.3) is 10.2 Å². The fourth-order valence-electron chi connectivity index (χ4n) is 1.96. The van der Waals surface area contributed by atoms with E-state index in [1.54, 1.807) is 18.4 Å². The summed E-state index contributed by atoms with van der Waals surface area (Å²) in [6.07, 6.45) is 0. The van der Waals surface area contributed by atoms with Gasteiger partial charge in [-0.1, -0.05) is 23.5 Å². The fourth-order valence-corrected chi connectivity index (χ4v) is 2.99. The van der Waals surface area contributed by atoms with Crippen molar-refractivity contribution in [1.82, 2.24) is 4.57 Å². The molecule has 3 aromatic rings. The minimum Gasteiger partial charge on any atom is -0.497 e. The van der Waals surface area contributed by atoms with E-state index in [1.165, 1.54) is 10.2 Å². The number of methoxy groups -OCH3 is 1. The molecule has 0 N–H and O–H groups in total. The third-order valence-corrected chi connectivity index (χ3v) is 4.12. The fraction of sp³-hybridized carbons (Fsp3) is 0.133. The zero-order valence-electron chi connectivity index (χ0n) is 10.8. The van der Waals surface area contributed by atoms with Gasteiger partial charge in [0.25, 0.3) is 0 Å². The number of rotatable bonds is 2. The number of hydrogen-bond acceptors (Lipinski definition) is 3. The summed E-state index contributed by atoms with van der Waals surface area (Å²) in [6, 6.07) is 16.1. The SMILES string of the molecule is COc1ccc(N=c2sc3ccccc3n2C)cc1. The Hall–Kier alpha value is -2.07. The molecule has 0 atom stereocenters. The smallest absolute Gasteiger partial charge is 0.190 e. The Labute approximate surface area is 115 Å². The Balaban J connectivity index is 2.12. The molecule has 4 heteroatoms. The van der Waals surface area contributed by atoms with Crippen molar-refractivity contribution in [3.8, 4) is 5.75 Å². The summed E-state index contributed by atoms with van der Waals surface area (Å²) in [5.41, 5.74) is 2.14. The van der Waals surface area contributed by atoms with Crippen molar-refractivity contribution in [2.75, 3.05) is 7.11 Å². The van der Waals surface area contributed by atoms with E-state index in [-0.39, 0.29) is 0 Å². The highest BCUT2D eigenvalue weighted by Gasteiger charge is 2.01. The van der Waals surface area contributed by atoms with Crippen LogP contribution in [-0.4, -0.2) is 11.7 Å². The van der Waals surface area contributed by atoms with E-state index in [9.17, 15) is 0 Å². The quantitative estimate of drug-likeness (QED) is 0.700. The van der Waals surface area contributed by atoms with Gasteiger partial charge in [0.05, 0.1) is 23.0 Å². The van der Waals surface area contributed by atoms with Gasteiger partial charge in [0.2, 0.25) is 0 Å². The summed E-state index contributed by atoms with van der Waals surface area (Å²) in [5.74, 6) is 0.847. The largest absolute Gasteiger partial charge is 0.497 e. The first-order valence-electron chi connectivity index (χ1n) is 6.01. The molecule has 0 saturated heterocycles. The van der Waals surface area contributed by atoms with Crippen molar-refractivity contribution < 1.29 is 4.74 Å². The predicted octanol–water partition coefficient (Wildman–Crippen LogP) is 3.48. The highest BCUT2D eigenvalue weighted by Crippen LogP contribution is 2.19. The Morgan fingerprint density at radius 2 is 1.79 bits per heavy atom. The molecule has 0 unspecified atom stereocenters. The molecule has 1 aromatic heterocycles. The molecule has 0 aliphatic heterocycles. The summed E-state index contributed by atoms with van der Waals surface area (Å²) in [7, 11) is 3.71. The van der Waals surface area contributed by atoms with Gasteiger partial charge in [-0.3, -0.25) is 0 Å². The van der Waals surface area contributed by atoms with Gasteiger partial charge in [-0.15, -0.1) is 0 Å². The average molecular weight is 270 g/mol. The van der Waals surface area contributed by atoms with Gasteiger partial charge in [-0.05, 0) is 36.4 Å². The zero-order valence-corrected chi connectivity index (χ0v) is 11.6. The van der Waals surface area contributed by atoms with Gasteiger partial charge in [-0.2, -0.15) is 0 Å². The van der Waals surface area contributed by atoms with E-state index >= 15 is 0 Å². The molecule has 3 nitrogen and oxygen atoms in total. The molecule has 0 amide bonds. The number of benzene rings is 2. The molecule has 0 fully saturated rings. The summed E-state index contributed by atoms with van der Waals surface area (Å²) < 4.78 is 8.51. The van der Waals surface area contributed by atoms with Crippen LogP contribution < -0.4 is 9.54 Å². The number of thiazole rings is 1. The Morgan fingerprint density at radius 3 is 2.47 bits per heavy atom. The summed E-state index contributed by atoms with van der Waals surface area (Å²) in [4.78, 5) is 5.67. The van der Waals surface area contributed by atoms with E-state index in [1.807, 2.05) is 37.4 Å². The van der Waals surface area contributed by atoms with Crippen LogP contribution in [0.4, 0.5) is 5.69 Å². The molecular formula is C15H14N2OS. The standard InChI is InChI=1S/C15H14N2OS/c1-17-13-5-3-4-6-14(13)19-15(17)16-11-7-9-12(18-2)10-8-11/h3-10H,1-2H3. The lowest BCUT2D eigenvalue weighted by atomic mass is 10.3. The molecule has 0 aliphatic carbocycles. The molecule has 1 heterocycles. The average Bonchev–Trinajstić information content (AvgIpc) is 2.77. The third kappa shape index (κ3) is 2.27. The lowest BCUT2D eigenvalue weighted by molar-refractivity contribution is 0.415. The first-order valence-corrected chi connectivity index (χ1v) is 6.83. The van der Waals surface area contributed by atoms with Crippen molar-refractivity contribution in [2.45, 2.75) is 0 Å². The number of aryl methyl sites for hydroxylation is 1. The lowest BCUT2D eigenvalue weighted by Gasteiger charge is -1.99. The molecule has 96 valence electrons. The van der Waals surface area contributed by atoms with E-state index < -0.39 is 0 Å². The minimum atomic E-state index is 0.847. The van der Waals surface area contributed by atoms with E-state index in [4.69, 9.17) is 4.74 Å². The zero-order chi connectivity index (χ0) is 13.2. The van der Waals surface area contributed by atoms with Crippen molar-refractivity contribution in [3.05, 3.63) is 53.3 Å². The number of nitrogens with zero attached hydrogens (tertiary/aromatic N) is 2. The number of fused-ring (bicyclic) bond motifs is 1. The molecule has 0 radical (unpaired) electrons. The Kier molecular flexibility index (Phi) is 3.09. The number of para-hydroxylation sites is 1. The van der Waals surface area contributed by atoms with Gasteiger partial charge in [0.15, 0.2) is 4.80 Å². The van der Waals surface area contributed by atoms with Gasteiger partial charge >= 0.3 is 0 Å². The normalized spacial score (nSPS) is 12.0. The summed E-state index contributed by atoms with van der Waals surface area (Å²) in [5, 5.41) is 0. The molecule has 0 saturated carbocycles. The molecule has 0 bridgehead atoms. The minimum absolute atomic E-state index is 0.847. The van der Waals surface area contributed by atoms with E-state index in [0.717, 1.165) is 16.2 Å². The maximum atomic E-state index is 5.15. The van der Waals surface area contributed by atoms with Gasteiger partial charge in [0, 0.05) is 7.05 Å². The lowest BCUT2D eigenvalue weighted by Crippen LogP contribution is -2.08. The number of aromatic nitrogens is 1. The van der Waals surface area contributed by atoms with Crippen molar-refractivity contribution in [2.24, 2.45) is 12.0 Å². The second kappa shape index (κ2) is 4.90. The van der Waals surface area contributed by atoms with Crippen LogP contribution in [0.1, 0.15) is 0 Å². The first-order chi connectivity index (χ1) is 9.28. The monoisotopic (exact) mass is 270 g/mol. The van der Waals surface area contributed by atoms with Crippen LogP contribution in [0.3, 0.4) is 0 Å². The number of hydrogen-bond donors (Lipinski definition) is 0. The maximum Gasteiger partial charge on any atom is 0.190 e.